The van der Waals surface area contributed by atoms with Crippen molar-refractivity contribution in [1.29, 1.82) is 0 Å². The monoisotopic (exact) mass is 535 g/mol. The van der Waals surface area contributed by atoms with Crippen LogP contribution in [0, 0.1) is 0 Å². The molecule has 1 unspecified atom stereocenters. The summed E-state index contributed by atoms with van der Waals surface area (Å²) >= 11 is 1.45. The molecule has 1 aromatic rings. The summed E-state index contributed by atoms with van der Waals surface area (Å²) in [5, 5.41) is 11.6. The second-order valence-corrected chi connectivity index (χ2v) is 10.7. The molecule has 0 saturated carbocycles. The molecule has 2 rings (SSSR count). The fourth-order valence-electron chi connectivity index (χ4n) is 4.02. The van der Waals surface area contributed by atoms with Crippen LogP contribution < -0.4 is 27.0 Å². The molecule has 3 amide bonds. The van der Waals surface area contributed by atoms with Gasteiger partial charge in [0, 0.05) is 51.4 Å². The Morgan fingerprint density at radius 2 is 1.84 bits per heavy atom. The van der Waals surface area contributed by atoms with Crippen LogP contribution in [0.5, 0.6) is 0 Å². The van der Waals surface area contributed by atoms with E-state index in [0.29, 0.717) is 32.6 Å². The molecule has 1 aromatic carbocycles. The van der Waals surface area contributed by atoms with Gasteiger partial charge in [0.1, 0.15) is 16.7 Å². The van der Waals surface area contributed by atoms with E-state index in [-0.39, 0.29) is 28.3 Å². The number of nitrogens with two attached hydrogens (primary N) is 1. The molecule has 0 bridgehead atoms. The zero-order valence-electron chi connectivity index (χ0n) is 22.7. The third-order valence-electron chi connectivity index (χ3n) is 6.17. The van der Waals surface area contributed by atoms with Crippen molar-refractivity contribution in [2.45, 2.75) is 49.8 Å². The molecule has 11 heteroatoms. The Morgan fingerprint density at radius 3 is 2.49 bits per heavy atom. The van der Waals surface area contributed by atoms with Gasteiger partial charge in [0.25, 0.3) is 0 Å². The molecular weight excluding hydrogens is 490 g/mol. The third kappa shape index (κ3) is 10.5. The number of nitrogens with zero attached hydrogens (tertiary/aromatic N) is 2. The highest BCUT2D eigenvalue weighted by atomic mass is 32.2. The maximum atomic E-state index is 13.0. The second kappa shape index (κ2) is 16.5. The Hall–Kier alpha value is -2.34. The first-order valence-corrected chi connectivity index (χ1v) is 14.1. The highest BCUT2D eigenvalue weighted by Gasteiger charge is 2.44. The Balaban J connectivity index is 1.77. The van der Waals surface area contributed by atoms with E-state index in [1.165, 1.54) is 17.3 Å². The van der Waals surface area contributed by atoms with Gasteiger partial charge in [-0.15, -0.1) is 11.8 Å². The predicted octanol–water partition coefficient (Wildman–Crippen LogP) is 0.442. The molecule has 1 fully saturated rings. The van der Waals surface area contributed by atoms with Crippen molar-refractivity contribution >= 4 is 35.2 Å². The summed E-state index contributed by atoms with van der Waals surface area (Å²) in [6.45, 7) is 8.50. The van der Waals surface area contributed by atoms with Crippen molar-refractivity contribution in [2.24, 2.45) is 5.73 Å². The quantitative estimate of drug-likeness (QED) is 0.182. The van der Waals surface area contributed by atoms with E-state index >= 15 is 0 Å². The molecule has 37 heavy (non-hydrogen) atoms. The second-order valence-electron chi connectivity index (χ2n) is 9.39. The average molecular weight is 536 g/mol. The first kappa shape index (κ1) is 30.9. The zero-order chi connectivity index (χ0) is 27.2. The van der Waals surface area contributed by atoms with Gasteiger partial charge in [-0.1, -0.05) is 19.1 Å². The Kier molecular flexibility index (Phi) is 13.8. The SMILES string of the molecule is CCNCCNC(=O)CCCc1ccc(NC[C@H]2SC([C@H](N)C(=O)NCCN(C)C)N(CC)C2=O)cc1. The fourth-order valence-corrected chi connectivity index (χ4v) is 5.48. The van der Waals surface area contributed by atoms with Gasteiger partial charge in [0.05, 0.1) is 0 Å². The van der Waals surface area contributed by atoms with Crippen molar-refractivity contribution in [3.05, 3.63) is 29.8 Å². The lowest BCUT2D eigenvalue weighted by Crippen LogP contribution is -2.53. The molecule has 0 spiro atoms. The molecule has 1 heterocycles. The van der Waals surface area contributed by atoms with E-state index in [1.807, 2.05) is 57.1 Å². The lowest BCUT2D eigenvalue weighted by atomic mass is 10.1. The molecule has 1 aliphatic rings. The maximum absolute atomic E-state index is 13.0. The van der Waals surface area contributed by atoms with Crippen LogP contribution >= 0.6 is 11.8 Å². The summed E-state index contributed by atoms with van der Waals surface area (Å²) in [7, 11) is 3.88. The number of thioether (sulfide) groups is 1. The minimum absolute atomic E-state index is 0.00177. The summed E-state index contributed by atoms with van der Waals surface area (Å²) in [4.78, 5) is 41.1. The minimum atomic E-state index is -0.782. The van der Waals surface area contributed by atoms with Gasteiger partial charge in [0.15, 0.2) is 0 Å². The Morgan fingerprint density at radius 1 is 1.11 bits per heavy atom. The van der Waals surface area contributed by atoms with Crippen LogP contribution in [0.1, 0.15) is 32.3 Å². The lowest BCUT2D eigenvalue weighted by Gasteiger charge is -2.26. The van der Waals surface area contributed by atoms with Gasteiger partial charge in [0.2, 0.25) is 17.7 Å². The number of carbonyl (C=O) groups is 3. The molecule has 3 atom stereocenters. The van der Waals surface area contributed by atoms with Gasteiger partial charge >= 0.3 is 0 Å². The van der Waals surface area contributed by atoms with Crippen LogP contribution in [0.25, 0.3) is 0 Å². The summed E-state index contributed by atoms with van der Waals surface area (Å²) in [6, 6.07) is 7.30. The van der Waals surface area contributed by atoms with Crippen molar-refractivity contribution < 1.29 is 14.4 Å². The third-order valence-corrected chi connectivity index (χ3v) is 7.69. The molecule has 1 saturated heterocycles. The number of anilines is 1. The summed E-state index contributed by atoms with van der Waals surface area (Å²) in [5.74, 6) is -0.150. The molecule has 208 valence electrons. The number of rotatable bonds is 17. The molecule has 0 aromatic heterocycles. The number of hydrogen-bond donors (Lipinski definition) is 5. The topological polar surface area (TPSA) is 132 Å². The number of likely N-dealkylation sites (N-methyl/N-ethyl adjacent to an activating group) is 3. The van der Waals surface area contributed by atoms with E-state index < -0.39 is 6.04 Å². The highest BCUT2D eigenvalue weighted by molar-refractivity contribution is 8.01. The number of carbonyl (C=O) groups excluding carboxylic acids is 3. The molecule has 0 aliphatic carbocycles. The van der Waals surface area contributed by atoms with Gasteiger partial charge in [-0.2, -0.15) is 0 Å². The van der Waals surface area contributed by atoms with Crippen molar-refractivity contribution in [2.75, 3.05) is 65.2 Å². The van der Waals surface area contributed by atoms with Crippen LogP contribution in [0.4, 0.5) is 5.69 Å². The normalized spacial score (nSPS) is 18.2. The molecule has 10 nitrogen and oxygen atoms in total. The molecule has 1 aliphatic heterocycles. The summed E-state index contributed by atoms with van der Waals surface area (Å²) in [6.07, 6.45) is 2.14. The predicted molar refractivity (Wildman–Crippen MR) is 152 cm³/mol. The summed E-state index contributed by atoms with van der Waals surface area (Å²) < 4.78 is 0. The van der Waals surface area contributed by atoms with Crippen LogP contribution in [0.15, 0.2) is 24.3 Å². The molecular formula is C26H45N7O3S. The van der Waals surface area contributed by atoms with Crippen molar-refractivity contribution in [3.63, 3.8) is 0 Å². The van der Waals surface area contributed by atoms with E-state index in [0.717, 1.165) is 38.2 Å². The molecule has 0 radical (unpaired) electrons. The maximum Gasteiger partial charge on any atom is 0.240 e. The number of hydrogen-bond acceptors (Lipinski definition) is 8. The van der Waals surface area contributed by atoms with Gasteiger partial charge in [-0.25, -0.2) is 0 Å². The smallest absolute Gasteiger partial charge is 0.240 e. The van der Waals surface area contributed by atoms with Crippen molar-refractivity contribution in [1.82, 2.24) is 25.8 Å². The van der Waals surface area contributed by atoms with Gasteiger partial charge < -0.3 is 36.8 Å². The minimum Gasteiger partial charge on any atom is -0.383 e. The lowest BCUT2D eigenvalue weighted by molar-refractivity contribution is -0.131. The van der Waals surface area contributed by atoms with Gasteiger partial charge in [-0.3, -0.25) is 14.4 Å². The first-order chi connectivity index (χ1) is 17.8. The Bertz CT molecular complexity index is 853. The van der Waals surface area contributed by atoms with Crippen LogP contribution in [0.3, 0.4) is 0 Å². The number of benzene rings is 1. The standard InChI is InChI=1S/C26H45N7O3S/c1-5-28-14-15-29-22(34)9-7-8-19-10-12-20(13-11-19)31-18-21-25(36)33(6-2)26(37-21)23(27)24(35)30-16-17-32(3)4/h10-13,21,23,26,28,31H,5-9,14-18,27H2,1-4H3,(H,29,34)(H,30,35)/t21-,23-,26?/m1/s1. The van der Waals surface area contributed by atoms with E-state index in [9.17, 15) is 14.4 Å². The number of amides is 3. The van der Waals surface area contributed by atoms with E-state index in [1.54, 1.807) is 4.90 Å². The van der Waals surface area contributed by atoms with Crippen LogP contribution in [-0.2, 0) is 20.8 Å². The fraction of sp³-hybridized carbons (Fsp3) is 0.654. The van der Waals surface area contributed by atoms with Gasteiger partial charge in [-0.05, 0) is 58.1 Å². The number of nitrogens with one attached hydrogen (secondary N) is 4. The first-order valence-electron chi connectivity index (χ1n) is 13.2. The largest absolute Gasteiger partial charge is 0.383 e. The van der Waals surface area contributed by atoms with E-state index in [2.05, 4.69) is 21.3 Å². The van der Waals surface area contributed by atoms with Crippen molar-refractivity contribution in [3.8, 4) is 0 Å². The van der Waals surface area contributed by atoms with E-state index in [4.69, 9.17) is 5.73 Å². The number of aryl methyl sites for hydroxylation is 1. The highest BCUT2D eigenvalue weighted by Crippen LogP contribution is 2.33. The van der Waals surface area contributed by atoms with Crippen LogP contribution in [-0.4, -0.2) is 104 Å². The Labute approximate surface area is 225 Å². The summed E-state index contributed by atoms with van der Waals surface area (Å²) in [5.41, 5.74) is 8.35. The zero-order valence-corrected chi connectivity index (χ0v) is 23.5. The van der Waals surface area contributed by atoms with Crippen LogP contribution in [0.2, 0.25) is 0 Å². The molecule has 6 N–H and O–H groups in total. The average Bonchev–Trinajstić information content (AvgIpc) is 3.20.